The number of rotatable bonds is 6. The Kier molecular flexibility index (Phi) is 3.87. The topological polar surface area (TPSA) is 21.8 Å². The van der Waals surface area contributed by atoms with E-state index in [9.17, 15) is 0 Å². The number of hydrogen-bond donors (Lipinski definition) is 0. The van der Waals surface area contributed by atoms with Crippen LogP contribution in [0.3, 0.4) is 0 Å². The van der Waals surface area contributed by atoms with Gasteiger partial charge in [0.25, 0.3) is 0 Å². The van der Waals surface area contributed by atoms with E-state index in [0.717, 1.165) is 13.2 Å². The summed E-state index contributed by atoms with van der Waals surface area (Å²) in [7, 11) is 0. The van der Waals surface area contributed by atoms with Crippen LogP contribution in [0, 0.1) is 0 Å². The molecule has 11 heavy (non-hydrogen) atoms. The van der Waals surface area contributed by atoms with Crippen LogP contribution in [-0.4, -0.2) is 25.4 Å². The van der Waals surface area contributed by atoms with Gasteiger partial charge in [0, 0.05) is 6.61 Å². The number of hydrogen-bond acceptors (Lipinski definition) is 2. The van der Waals surface area contributed by atoms with Crippen LogP contribution in [0.2, 0.25) is 0 Å². The molecule has 1 saturated heterocycles. The van der Waals surface area contributed by atoms with E-state index in [4.69, 9.17) is 9.47 Å². The Hall–Kier alpha value is -0.0800. The van der Waals surface area contributed by atoms with E-state index < -0.39 is 0 Å². The van der Waals surface area contributed by atoms with Gasteiger partial charge < -0.3 is 9.47 Å². The predicted octanol–water partition coefficient (Wildman–Crippen LogP) is 1.98. The summed E-state index contributed by atoms with van der Waals surface area (Å²) >= 11 is 0. The summed E-state index contributed by atoms with van der Waals surface area (Å²) in [5, 5.41) is 0. The molecule has 2 nitrogen and oxygen atoms in total. The lowest BCUT2D eigenvalue weighted by Gasteiger charge is -2.08. The number of ether oxygens (including phenoxy) is 2. The van der Waals surface area contributed by atoms with Crippen molar-refractivity contribution in [1.29, 1.82) is 0 Å². The van der Waals surface area contributed by atoms with Crippen LogP contribution < -0.4 is 0 Å². The smallest absolute Gasteiger partial charge is 0.107 e. The molecule has 0 saturated carbocycles. The lowest BCUT2D eigenvalue weighted by Crippen LogP contribution is -2.15. The van der Waals surface area contributed by atoms with Crippen molar-refractivity contribution in [2.45, 2.75) is 45.3 Å². The van der Waals surface area contributed by atoms with Crippen LogP contribution in [0.15, 0.2) is 0 Å². The molecule has 0 bridgehead atoms. The molecular weight excluding hydrogens is 140 g/mol. The summed E-state index contributed by atoms with van der Waals surface area (Å²) < 4.78 is 10.6. The van der Waals surface area contributed by atoms with Crippen LogP contribution in [0.5, 0.6) is 0 Å². The van der Waals surface area contributed by atoms with E-state index in [1.807, 2.05) is 0 Å². The van der Waals surface area contributed by atoms with Crippen LogP contribution >= 0.6 is 0 Å². The molecule has 0 aromatic carbocycles. The van der Waals surface area contributed by atoms with Gasteiger partial charge in [-0.25, -0.2) is 0 Å². The second-order valence-electron chi connectivity index (χ2n) is 3.15. The Balaban J connectivity index is 1.85. The molecule has 0 aromatic rings. The molecule has 2 heteroatoms. The summed E-state index contributed by atoms with van der Waals surface area (Å²) in [5.74, 6) is 0. The maximum absolute atomic E-state index is 5.54. The Morgan fingerprint density at radius 3 is 2.82 bits per heavy atom. The van der Waals surface area contributed by atoms with E-state index >= 15 is 0 Å². The first-order valence-corrected chi connectivity index (χ1v) is 4.57. The Bertz CT molecular complexity index is 99.7. The van der Waals surface area contributed by atoms with Gasteiger partial charge in [-0.1, -0.05) is 19.8 Å². The average Bonchev–Trinajstić information content (AvgIpc) is 2.79. The molecule has 2 atom stereocenters. The molecule has 1 aliphatic rings. The Morgan fingerprint density at radius 2 is 2.27 bits per heavy atom. The SMILES string of the molecule is CCCCCOC(C)C1CO1. The van der Waals surface area contributed by atoms with E-state index in [-0.39, 0.29) is 0 Å². The van der Waals surface area contributed by atoms with Gasteiger partial charge in [0.2, 0.25) is 0 Å². The van der Waals surface area contributed by atoms with Crippen molar-refractivity contribution < 1.29 is 9.47 Å². The van der Waals surface area contributed by atoms with Gasteiger partial charge in [-0.15, -0.1) is 0 Å². The largest absolute Gasteiger partial charge is 0.376 e. The maximum atomic E-state index is 5.54. The third-order valence-electron chi connectivity index (χ3n) is 2.01. The number of unbranched alkanes of at least 4 members (excludes halogenated alkanes) is 2. The summed E-state index contributed by atoms with van der Waals surface area (Å²) in [5.41, 5.74) is 0. The van der Waals surface area contributed by atoms with Gasteiger partial charge >= 0.3 is 0 Å². The van der Waals surface area contributed by atoms with Gasteiger partial charge in [-0.3, -0.25) is 0 Å². The zero-order chi connectivity index (χ0) is 8.10. The summed E-state index contributed by atoms with van der Waals surface area (Å²) in [4.78, 5) is 0. The highest BCUT2D eigenvalue weighted by Gasteiger charge is 2.29. The maximum Gasteiger partial charge on any atom is 0.107 e. The molecule has 0 aromatic heterocycles. The molecule has 0 amide bonds. The van der Waals surface area contributed by atoms with Gasteiger partial charge in [0.15, 0.2) is 0 Å². The summed E-state index contributed by atoms with van der Waals surface area (Å²) in [6, 6.07) is 0. The third-order valence-corrected chi connectivity index (χ3v) is 2.01. The highest BCUT2D eigenvalue weighted by Crippen LogP contribution is 2.16. The van der Waals surface area contributed by atoms with E-state index in [2.05, 4.69) is 13.8 Å². The second kappa shape index (κ2) is 4.73. The first-order valence-electron chi connectivity index (χ1n) is 4.57. The molecule has 1 fully saturated rings. The molecule has 1 rings (SSSR count). The van der Waals surface area contributed by atoms with Crippen molar-refractivity contribution in [2.24, 2.45) is 0 Å². The molecule has 66 valence electrons. The highest BCUT2D eigenvalue weighted by atomic mass is 16.6. The van der Waals surface area contributed by atoms with E-state index in [0.29, 0.717) is 12.2 Å². The third kappa shape index (κ3) is 3.73. The molecular formula is C9H18O2. The Morgan fingerprint density at radius 1 is 1.55 bits per heavy atom. The number of epoxide rings is 1. The quantitative estimate of drug-likeness (QED) is 0.435. The monoisotopic (exact) mass is 158 g/mol. The Labute approximate surface area is 68.9 Å². The molecule has 2 unspecified atom stereocenters. The molecule has 1 aliphatic heterocycles. The molecule has 0 spiro atoms. The van der Waals surface area contributed by atoms with Gasteiger partial charge in [-0.2, -0.15) is 0 Å². The van der Waals surface area contributed by atoms with Crippen molar-refractivity contribution in [1.82, 2.24) is 0 Å². The van der Waals surface area contributed by atoms with E-state index in [1.165, 1.54) is 19.3 Å². The summed E-state index contributed by atoms with van der Waals surface area (Å²) in [6.45, 7) is 6.08. The standard InChI is InChI=1S/C9H18O2/c1-3-4-5-6-10-8(2)9-7-11-9/h8-9H,3-7H2,1-2H3. The highest BCUT2D eigenvalue weighted by molar-refractivity contribution is 4.75. The summed E-state index contributed by atoms with van der Waals surface area (Å²) in [6.07, 6.45) is 4.44. The fraction of sp³-hybridized carbons (Fsp3) is 1.00. The lowest BCUT2D eigenvalue weighted by atomic mass is 10.2. The minimum Gasteiger partial charge on any atom is -0.376 e. The van der Waals surface area contributed by atoms with Crippen LogP contribution in [-0.2, 0) is 9.47 Å². The van der Waals surface area contributed by atoms with Gasteiger partial charge in [0.1, 0.15) is 6.10 Å². The van der Waals surface area contributed by atoms with Crippen LogP contribution in [0.1, 0.15) is 33.1 Å². The fourth-order valence-electron chi connectivity index (χ4n) is 1.06. The first kappa shape index (κ1) is 9.01. The van der Waals surface area contributed by atoms with Gasteiger partial charge in [-0.05, 0) is 13.3 Å². The predicted molar refractivity (Wildman–Crippen MR) is 44.7 cm³/mol. The van der Waals surface area contributed by atoms with Crippen molar-refractivity contribution in [3.8, 4) is 0 Å². The van der Waals surface area contributed by atoms with Crippen molar-refractivity contribution in [3.63, 3.8) is 0 Å². The molecule has 1 heterocycles. The van der Waals surface area contributed by atoms with Crippen molar-refractivity contribution >= 4 is 0 Å². The zero-order valence-electron chi connectivity index (χ0n) is 7.51. The average molecular weight is 158 g/mol. The van der Waals surface area contributed by atoms with Gasteiger partial charge in [0.05, 0.1) is 12.7 Å². The van der Waals surface area contributed by atoms with Crippen LogP contribution in [0.25, 0.3) is 0 Å². The first-order chi connectivity index (χ1) is 5.34. The minimum absolute atomic E-state index is 0.312. The zero-order valence-corrected chi connectivity index (χ0v) is 7.51. The lowest BCUT2D eigenvalue weighted by molar-refractivity contribution is 0.0436. The fourth-order valence-corrected chi connectivity index (χ4v) is 1.06. The normalized spacial score (nSPS) is 25.1. The van der Waals surface area contributed by atoms with Crippen LogP contribution in [0.4, 0.5) is 0 Å². The second-order valence-corrected chi connectivity index (χ2v) is 3.15. The molecule has 0 radical (unpaired) electrons. The van der Waals surface area contributed by atoms with Crippen molar-refractivity contribution in [3.05, 3.63) is 0 Å². The minimum atomic E-state index is 0.312. The molecule has 0 aliphatic carbocycles. The van der Waals surface area contributed by atoms with Crippen molar-refractivity contribution in [2.75, 3.05) is 13.2 Å². The molecule has 0 N–H and O–H groups in total. The van der Waals surface area contributed by atoms with E-state index in [1.54, 1.807) is 0 Å².